The Bertz CT molecular complexity index is 339. The zero-order chi connectivity index (χ0) is 12.1. The smallest absolute Gasteiger partial charge is 0.220 e. The summed E-state index contributed by atoms with van der Waals surface area (Å²) in [6.07, 6.45) is 1.10. The Morgan fingerprint density at radius 3 is 2.75 bits per heavy atom. The summed E-state index contributed by atoms with van der Waals surface area (Å²) in [6, 6.07) is -0.0111. The topological polar surface area (TPSA) is 81.2 Å². The molecular formula is C11H19N3O2. The fraction of sp³-hybridized carbons (Fsp3) is 0.636. The van der Waals surface area contributed by atoms with Crippen molar-refractivity contribution in [3.8, 4) is 0 Å². The first-order chi connectivity index (χ1) is 7.50. The first-order valence-electron chi connectivity index (χ1n) is 5.44. The number of amides is 1. The minimum atomic E-state index is -0.0111. The number of nitrogens with two attached hydrogens (primary N) is 1. The molecule has 0 aliphatic carbocycles. The summed E-state index contributed by atoms with van der Waals surface area (Å²) >= 11 is 0. The van der Waals surface area contributed by atoms with E-state index in [4.69, 9.17) is 10.3 Å². The molecule has 1 atom stereocenters. The highest BCUT2D eigenvalue weighted by atomic mass is 16.5. The SMILES string of the molecule is Cc1noc(C)c1CCC(=O)NCC(C)N. The highest BCUT2D eigenvalue weighted by Crippen LogP contribution is 2.13. The van der Waals surface area contributed by atoms with Crippen LogP contribution in [-0.4, -0.2) is 23.7 Å². The van der Waals surface area contributed by atoms with Gasteiger partial charge in [0.2, 0.25) is 5.91 Å². The average Bonchev–Trinajstić information content (AvgIpc) is 2.53. The predicted octanol–water partition coefficient (Wildman–Crippen LogP) is 0.687. The first-order valence-corrected chi connectivity index (χ1v) is 5.44. The number of carbonyl (C=O) groups is 1. The highest BCUT2D eigenvalue weighted by molar-refractivity contribution is 5.76. The fourth-order valence-corrected chi connectivity index (χ4v) is 1.46. The van der Waals surface area contributed by atoms with E-state index in [0.717, 1.165) is 17.0 Å². The van der Waals surface area contributed by atoms with Gasteiger partial charge in [0, 0.05) is 24.6 Å². The van der Waals surface area contributed by atoms with Gasteiger partial charge in [-0.3, -0.25) is 4.79 Å². The molecule has 1 unspecified atom stereocenters. The summed E-state index contributed by atoms with van der Waals surface area (Å²) in [5, 5.41) is 6.61. The monoisotopic (exact) mass is 225 g/mol. The summed E-state index contributed by atoms with van der Waals surface area (Å²) < 4.78 is 5.02. The van der Waals surface area contributed by atoms with Crippen molar-refractivity contribution in [1.29, 1.82) is 0 Å². The molecule has 3 N–H and O–H groups in total. The van der Waals surface area contributed by atoms with Crippen LogP contribution in [0.1, 0.15) is 30.4 Å². The van der Waals surface area contributed by atoms with Crippen molar-refractivity contribution in [2.45, 2.75) is 39.7 Å². The Labute approximate surface area is 95.4 Å². The van der Waals surface area contributed by atoms with Crippen LogP contribution in [0.25, 0.3) is 0 Å². The largest absolute Gasteiger partial charge is 0.361 e. The third-order valence-electron chi connectivity index (χ3n) is 2.40. The van der Waals surface area contributed by atoms with E-state index in [1.807, 2.05) is 20.8 Å². The van der Waals surface area contributed by atoms with Crippen LogP contribution in [0.15, 0.2) is 4.52 Å². The maximum Gasteiger partial charge on any atom is 0.220 e. The Hall–Kier alpha value is -1.36. The van der Waals surface area contributed by atoms with E-state index < -0.39 is 0 Å². The van der Waals surface area contributed by atoms with Crippen LogP contribution in [0.3, 0.4) is 0 Å². The van der Waals surface area contributed by atoms with Crippen molar-refractivity contribution in [3.05, 3.63) is 17.0 Å². The number of hydrogen-bond donors (Lipinski definition) is 2. The van der Waals surface area contributed by atoms with E-state index in [-0.39, 0.29) is 11.9 Å². The van der Waals surface area contributed by atoms with Gasteiger partial charge in [0.25, 0.3) is 0 Å². The zero-order valence-electron chi connectivity index (χ0n) is 10.0. The number of rotatable bonds is 5. The van der Waals surface area contributed by atoms with Gasteiger partial charge in [-0.1, -0.05) is 5.16 Å². The third kappa shape index (κ3) is 3.66. The van der Waals surface area contributed by atoms with Gasteiger partial charge in [0.1, 0.15) is 5.76 Å². The van der Waals surface area contributed by atoms with Crippen LogP contribution in [0.4, 0.5) is 0 Å². The van der Waals surface area contributed by atoms with E-state index in [2.05, 4.69) is 10.5 Å². The molecule has 0 radical (unpaired) electrons. The van der Waals surface area contributed by atoms with Crippen LogP contribution in [-0.2, 0) is 11.2 Å². The molecule has 5 heteroatoms. The van der Waals surface area contributed by atoms with E-state index >= 15 is 0 Å². The normalized spacial score (nSPS) is 12.5. The van der Waals surface area contributed by atoms with Crippen LogP contribution in [0.5, 0.6) is 0 Å². The van der Waals surface area contributed by atoms with Crippen molar-refractivity contribution in [3.63, 3.8) is 0 Å². The Kier molecular flexibility index (Phi) is 4.49. The van der Waals surface area contributed by atoms with Crippen molar-refractivity contribution in [1.82, 2.24) is 10.5 Å². The highest BCUT2D eigenvalue weighted by Gasteiger charge is 2.10. The molecule has 1 aromatic heterocycles. The molecule has 1 rings (SSSR count). The summed E-state index contributed by atoms with van der Waals surface area (Å²) in [4.78, 5) is 11.4. The second-order valence-corrected chi connectivity index (χ2v) is 4.08. The molecule has 0 saturated carbocycles. The lowest BCUT2D eigenvalue weighted by atomic mass is 10.1. The van der Waals surface area contributed by atoms with Crippen LogP contribution in [0, 0.1) is 13.8 Å². The Morgan fingerprint density at radius 1 is 1.56 bits per heavy atom. The standard InChI is InChI=1S/C11H19N3O2/c1-7(12)6-13-11(15)5-4-10-8(2)14-16-9(10)3/h7H,4-6,12H2,1-3H3,(H,13,15). The maximum atomic E-state index is 11.4. The van der Waals surface area contributed by atoms with E-state index in [9.17, 15) is 4.79 Å². The lowest BCUT2D eigenvalue weighted by Gasteiger charge is -2.07. The van der Waals surface area contributed by atoms with Gasteiger partial charge in [-0.2, -0.15) is 0 Å². The molecule has 1 amide bonds. The molecule has 0 saturated heterocycles. The molecule has 0 aliphatic heterocycles. The van der Waals surface area contributed by atoms with Crippen molar-refractivity contribution >= 4 is 5.91 Å². The minimum Gasteiger partial charge on any atom is -0.361 e. The van der Waals surface area contributed by atoms with Gasteiger partial charge in [-0.15, -0.1) is 0 Å². The lowest BCUT2D eigenvalue weighted by Crippen LogP contribution is -2.35. The number of carbonyl (C=O) groups excluding carboxylic acids is 1. The predicted molar refractivity (Wildman–Crippen MR) is 61.0 cm³/mol. The van der Waals surface area contributed by atoms with Crippen LogP contribution >= 0.6 is 0 Å². The minimum absolute atomic E-state index is 0.0111. The summed E-state index contributed by atoms with van der Waals surface area (Å²) in [6.45, 7) is 6.11. The van der Waals surface area contributed by atoms with Gasteiger partial charge in [-0.25, -0.2) is 0 Å². The average molecular weight is 225 g/mol. The van der Waals surface area contributed by atoms with Gasteiger partial charge in [0.05, 0.1) is 5.69 Å². The molecule has 1 aromatic rings. The molecule has 5 nitrogen and oxygen atoms in total. The van der Waals surface area contributed by atoms with Crippen molar-refractivity contribution in [2.75, 3.05) is 6.54 Å². The fourth-order valence-electron chi connectivity index (χ4n) is 1.46. The summed E-state index contributed by atoms with van der Waals surface area (Å²) in [7, 11) is 0. The maximum absolute atomic E-state index is 11.4. The molecular weight excluding hydrogens is 206 g/mol. The van der Waals surface area contributed by atoms with Gasteiger partial charge >= 0.3 is 0 Å². The molecule has 1 heterocycles. The first kappa shape index (κ1) is 12.7. The zero-order valence-corrected chi connectivity index (χ0v) is 10.0. The number of nitrogens with one attached hydrogen (secondary N) is 1. The second kappa shape index (κ2) is 5.65. The van der Waals surface area contributed by atoms with Crippen molar-refractivity contribution < 1.29 is 9.32 Å². The number of hydrogen-bond acceptors (Lipinski definition) is 4. The molecule has 0 aromatic carbocycles. The quantitative estimate of drug-likeness (QED) is 0.772. The van der Waals surface area contributed by atoms with E-state index in [1.165, 1.54) is 0 Å². The summed E-state index contributed by atoms with van der Waals surface area (Å²) in [5.41, 5.74) is 7.42. The molecule has 0 fully saturated rings. The molecule has 0 bridgehead atoms. The van der Waals surface area contributed by atoms with Crippen LogP contribution < -0.4 is 11.1 Å². The van der Waals surface area contributed by atoms with Gasteiger partial charge < -0.3 is 15.6 Å². The molecule has 0 spiro atoms. The van der Waals surface area contributed by atoms with Gasteiger partial charge in [-0.05, 0) is 27.2 Å². The third-order valence-corrected chi connectivity index (χ3v) is 2.40. The van der Waals surface area contributed by atoms with E-state index in [1.54, 1.807) is 0 Å². The molecule has 16 heavy (non-hydrogen) atoms. The summed E-state index contributed by atoms with van der Waals surface area (Å²) in [5.74, 6) is 0.801. The van der Waals surface area contributed by atoms with Crippen molar-refractivity contribution in [2.24, 2.45) is 5.73 Å². The van der Waals surface area contributed by atoms with Gasteiger partial charge in [0.15, 0.2) is 0 Å². The van der Waals surface area contributed by atoms with E-state index in [0.29, 0.717) is 19.4 Å². The molecule has 0 aliphatic rings. The molecule has 90 valence electrons. The second-order valence-electron chi connectivity index (χ2n) is 4.08. The number of nitrogens with zero attached hydrogens (tertiary/aromatic N) is 1. The lowest BCUT2D eigenvalue weighted by molar-refractivity contribution is -0.121. The Morgan fingerprint density at radius 2 is 2.25 bits per heavy atom. The number of aryl methyl sites for hydroxylation is 2. The van der Waals surface area contributed by atoms with Crippen LogP contribution in [0.2, 0.25) is 0 Å². The Balaban J connectivity index is 2.37. The number of aromatic nitrogens is 1.